The van der Waals surface area contributed by atoms with E-state index in [2.05, 4.69) is 10.3 Å². The van der Waals surface area contributed by atoms with Crippen LogP contribution < -0.4 is 5.32 Å². The molecule has 2 rings (SSSR count). The van der Waals surface area contributed by atoms with Gasteiger partial charge in [0.1, 0.15) is 16.5 Å². The molecule has 0 fully saturated rings. The molecule has 0 bridgehead atoms. The van der Waals surface area contributed by atoms with E-state index in [0.717, 1.165) is 12.3 Å². The molecule has 0 saturated carbocycles. The number of Topliss-reactive ketones (excluding diaryl/α,β-unsaturated/α-hetero) is 1. The maximum atomic E-state index is 13.7. The van der Waals surface area contributed by atoms with Crippen LogP contribution in [0.5, 0.6) is 0 Å². The third kappa shape index (κ3) is 5.48. The molecule has 142 valence electrons. The molecular weight excluding hydrogens is 401 g/mol. The molecule has 9 heteroatoms. The summed E-state index contributed by atoms with van der Waals surface area (Å²) in [4.78, 5) is 28.3. The van der Waals surface area contributed by atoms with Crippen molar-refractivity contribution in [3.8, 4) is 0 Å². The molecule has 0 saturated heterocycles. The Morgan fingerprint density at radius 1 is 1.22 bits per heavy atom. The van der Waals surface area contributed by atoms with Gasteiger partial charge < -0.3 is 10.1 Å². The lowest BCUT2D eigenvalue weighted by Crippen LogP contribution is -2.20. The fraction of sp³-hybridized carbons (Fsp3) is 0.167. The Kier molecular flexibility index (Phi) is 7.27. The summed E-state index contributed by atoms with van der Waals surface area (Å²) >= 11 is 11.4. The average molecular weight is 415 g/mol. The van der Waals surface area contributed by atoms with Crippen molar-refractivity contribution in [2.45, 2.75) is 13.5 Å². The molecule has 0 aliphatic carbocycles. The van der Waals surface area contributed by atoms with Crippen LogP contribution in [0.2, 0.25) is 10.3 Å². The van der Waals surface area contributed by atoms with Gasteiger partial charge in [0.05, 0.1) is 12.2 Å². The molecule has 0 atom stereocenters. The number of ketones is 1. The second-order valence-corrected chi connectivity index (χ2v) is 5.93. The van der Waals surface area contributed by atoms with Crippen molar-refractivity contribution < 1.29 is 23.1 Å². The first-order chi connectivity index (χ1) is 12.8. The van der Waals surface area contributed by atoms with Crippen LogP contribution in [-0.2, 0) is 16.1 Å². The number of carbonyl (C=O) groups excluding carboxylic acids is 2. The molecule has 0 aliphatic rings. The lowest BCUT2D eigenvalue weighted by atomic mass is 10.1. The normalized spacial score (nSPS) is 11.2. The number of rotatable bonds is 7. The number of ether oxygens (including phenoxy) is 1. The summed E-state index contributed by atoms with van der Waals surface area (Å²) in [5.41, 5.74) is -0.178. The Morgan fingerprint density at radius 3 is 2.63 bits per heavy atom. The molecule has 1 aromatic carbocycles. The van der Waals surface area contributed by atoms with Gasteiger partial charge >= 0.3 is 5.97 Å². The van der Waals surface area contributed by atoms with E-state index in [1.807, 2.05) is 0 Å². The highest BCUT2D eigenvalue weighted by atomic mass is 35.5. The van der Waals surface area contributed by atoms with Gasteiger partial charge in [0, 0.05) is 12.7 Å². The Bertz CT molecular complexity index is 904. The van der Waals surface area contributed by atoms with Gasteiger partial charge in [0.15, 0.2) is 11.0 Å². The molecular formula is C18H14Cl2F2N2O3. The van der Waals surface area contributed by atoms with Crippen molar-refractivity contribution in [2.75, 3.05) is 6.61 Å². The van der Waals surface area contributed by atoms with Crippen LogP contribution in [-0.4, -0.2) is 23.3 Å². The number of hydrogen-bond acceptors (Lipinski definition) is 5. The molecule has 0 unspecified atom stereocenters. The topological polar surface area (TPSA) is 68.3 Å². The molecule has 1 heterocycles. The van der Waals surface area contributed by atoms with Crippen molar-refractivity contribution >= 4 is 35.0 Å². The van der Waals surface area contributed by atoms with E-state index in [0.29, 0.717) is 5.56 Å². The fourth-order valence-corrected chi connectivity index (χ4v) is 2.50. The number of carbonyl (C=O) groups is 2. The molecule has 5 nitrogen and oxygen atoms in total. The maximum absolute atomic E-state index is 13.7. The highest BCUT2D eigenvalue weighted by Crippen LogP contribution is 2.23. The minimum atomic E-state index is -0.958. The second kappa shape index (κ2) is 9.43. The van der Waals surface area contributed by atoms with Gasteiger partial charge in [-0.05, 0) is 30.7 Å². The zero-order valence-corrected chi connectivity index (χ0v) is 15.6. The lowest BCUT2D eigenvalue weighted by molar-refractivity contribution is -0.138. The van der Waals surface area contributed by atoms with Gasteiger partial charge in [-0.25, -0.2) is 18.6 Å². The van der Waals surface area contributed by atoms with E-state index in [4.69, 9.17) is 27.9 Å². The Morgan fingerprint density at radius 2 is 1.96 bits per heavy atom. The standard InChI is InChI=1S/C18H14Cl2F2N2O3/c1-2-27-18(26)13(9-23-8-10-4-3-5-11(21)6-10)15(25)12-7-14(22)17(20)24-16(12)19/h3-7,9,23H,2,8H2,1H3/b13-9-. The summed E-state index contributed by atoms with van der Waals surface area (Å²) in [7, 11) is 0. The summed E-state index contributed by atoms with van der Waals surface area (Å²) in [6, 6.07) is 6.55. The zero-order valence-electron chi connectivity index (χ0n) is 14.1. The molecule has 0 spiro atoms. The van der Waals surface area contributed by atoms with Gasteiger partial charge in [-0.3, -0.25) is 4.79 Å². The van der Waals surface area contributed by atoms with Crippen molar-refractivity contribution in [1.82, 2.24) is 10.3 Å². The van der Waals surface area contributed by atoms with Crippen molar-refractivity contribution in [1.29, 1.82) is 0 Å². The Hall–Kier alpha value is -2.51. The van der Waals surface area contributed by atoms with Gasteiger partial charge in [-0.15, -0.1) is 0 Å². The molecule has 0 amide bonds. The van der Waals surface area contributed by atoms with Gasteiger partial charge in [-0.1, -0.05) is 35.3 Å². The van der Waals surface area contributed by atoms with Crippen LogP contribution in [0.15, 0.2) is 42.1 Å². The number of hydrogen-bond donors (Lipinski definition) is 1. The quantitative estimate of drug-likeness (QED) is 0.184. The van der Waals surface area contributed by atoms with E-state index in [9.17, 15) is 18.4 Å². The summed E-state index contributed by atoms with van der Waals surface area (Å²) in [5, 5.41) is 1.88. The average Bonchev–Trinajstić information content (AvgIpc) is 2.61. The minimum Gasteiger partial charge on any atom is -0.462 e. The number of esters is 1. The number of benzene rings is 1. The second-order valence-electron chi connectivity index (χ2n) is 5.22. The largest absolute Gasteiger partial charge is 0.462 e. The number of halogens is 4. The van der Waals surface area contributed by atoms with Gasteiger partial charge in [0.2, 0.25) is 5.78 Å². The SMILES string of the molecule is CCOC(=O)/C(=C\NCc1cccc(F)c1)C(=O)c1cc(F)c(Cl)nc1Cl. The first-order valence-electron chi connectivity index (χ1n) is 7.74. The Balaban J connectivity index is 2.29. The van der Waals surface area contributed by atoms with Crippen molar-refractivity contribution in [2.24, 2.45) is 0 Å². The minimum absolute atomic E-state index is 0.0221. The van der Waals surface area contributed by atoms with Crippen LogP contribution >= 0.6 is 23.2 Å². The fourth-order valence-electron chi connectivity index (χ4n) is 2.09. The van der Waals surface area contributed by atoms with Gasteiger partial charge in [-0.2, -0.15) is 0 Å². The smallest absolute Gasteiger partial charge is 0.343 e. The zero-order chi connectivity index (χ0) is 20.0. The van der Waals surface area contributed by atoms with Crippen LogP contribution in [0, 0.1) is 11.6 Å². The predicted octanol–water partition coefficient (Wildman–Crippen LogP) is 4.09. The third-order valence-corrected chi connectivity index (χ3v) is 3.87. The molecule has 1 aromatic heterocycles. The van der Waals surface area contributed by atoms with E-state index in [1.54, 1.807) is 13.0 Å². The number of nitrogens with one attached hydrogen (secondary N) is 1. The van der Waals surface area contributed by atoms with Crippen LogP contribution in [0.1, 0.15) is 22.8 Å². The van der Waals surface area contributed by atoms with Gasteiger partial charge in [0.25, 0.3) is 0 Å². The van der Waals surface area contributed by atoms with Crippen LogP contribution in [0.25, 0.3) is 0 Å². The molecule has 2 aromatic rings. The van der Waals surface area contributed by atoms with E-state index in [-0.39, 0.29) is 23.9 Å². The number of nitrogens with zero attached hydrogens (tertiary/aromatic N) is 1. The van der Waals surface area contributed by atoms with E-state index >= 15 is 0 Å². The predicted molar refractivity (Wildman–Crippen MR) is 96.5 cm³/mol. The molecule has 1 N–H and O–H groups in total. The maximum Gasteiger partial charge on any atom is 0.343 e. The lowest BCUT2D eigenvalue weighted by Gasteiger charge is -2.09. The van der Waals surface area contributed by atoms with Crippen LogP contribution in [0.4, 0.5) is 8.78 Å². The first kappa shape index (κ1) is 20.8. The summed E-state index contributed by atoms with van der Waals surface area (Å²) in [6.45, 7) is 1.72. The molecule has 0 radical (unpaired) electrons. The summed E-state index contributed by atoms with van der Waals surface area (Å²) < 4.78 is 31.7. The van der Waals surface area contributed by atoms with E-state index in [1.165, 1.54) is 18.2 Å². The van der Waals surface area contributed by atoms with Crippen molar-refractivity contribution in [3.05, 3.63) is 75.2 Å². The monoisotopic (exact) mass is 414 g/mol. The van der Waals surface area contributed by atoms with Crippen LogP contribution in [0.3, 0.4) is 0 Å². The third-order valence-electron chi connectivity index (χ3n) is 3.31. The molecule has 27 heavy (non-hydrogen) atoms. The molecule has 0 aliphatic heterocycles. The Labute approximate surface area is 163 Å². The summed E-state index contributed by atoms with van der Waals surface area (Å²) in [6.07, 6.45) is 1.11. The number of aromatic nitrogens is 1. The first-order valence-corrected chi connectivity index (χ1v) is 8.50. The van der Waals surface area contributed by atoms with E-state index < -0.39 is 34.1 Å². The highest BCUT2D eigenvalue weighted by Gasteiger charge is 2.25. The highest BCUT2D eigenvalue weighted by molar-refractivity contribution is 6.37. The summed E-state index contributed by atoms with van der Waals surface area (Å²) in [5.74, 6) is -3.20. The number of pyridine rings is 1. The van der Waals surface area contributed by atoms with Crippen molar-refractivity contribution in [3.63, 3.8) is 0 Å².